The van der Waals surface area contributed by atoms with E-state index in [9.17, 15) is 9.90 Å². The quantitative estimate of drug-likeness (QED) is 0.847. The number of carbonyl (C=O) groups excluding carboxylic acids is 1. The molecule has 5 heteroatoms. The Hall–Kier alpha value is -2.27. The summed E-state index contributed by atoms with van der Waals surface area (Å²) < 4.78 is 5.13. The maximum absolute atomic E-state index is 12.1. The Balaban J connectivity index is 1.92. The molecule has 1 aliphatic heterocycles. The van der Waals surface area contributed by atoms with Crippen LogP contribution in [0.25, 0.3) is 10.8 Å². The van der Waals surface area contributed by atoms with Gasteiger partial charge in [0.15, 0.2) is 0 Å². The minimum absolute atomic E-state index is 0.0376. The number of esters is 1. The lowest BCUT2D eigenvalue weighted by molar-refractivity contribution is -0.138. The number of carbonyl (C=O) groups is 1. The molecular weight excluding hydrogens is 310 g/mol. The molecule has 1 heterocycles. The lowest BCUT2D eigenvalue weighted by atomic mass is 10.1. The third-order valence-corrected chi connectivity index (χ3v) is 4.44. The first-order chi connectivity index (χ1) is 11.2. The van der Waals surface area contributed by atoms with Gasteiger partial charge >= 0.3 is 5.97 Å². The van der Waals surface area contributed by atoms with Crippen molar-refractivity contribution in [3.8, 4) is 0 Å². The molecule has 0 aliphatic carbocycles. The number of aliphatic imine (C=N–C) groups is 1. The van der Waals surface area contributed by atoms with E-state index in [1.807, 2.05) is 49.4 Å². The number of fused-ring (bicyclic) bond motifs is 1. The van der Waals surface area contributed by atoms with Gasteiger partial charge in [-0.15, -0.1) is 0 Å². The van der Waals surface area contributed by atoms with E-state index in [1.54, 1.807) is 0 Å². The average molecular weight is 327 g/mol. The van der Waals surface area contributed by atoms with Crippen LogP contribution in [-0.4, -0.2) is 28.5 Å². The van der Waals surface area contributed by atoms with Crippen molar-refractivity contribution in [2.45, 2.75) is 13.3 Å². The van der Waals surface area contributed by atoms with Crippen molar-refractivity contribution in [3.63, 3.8) is 0 Å². The Labute approximate surface area is 138 Å². The van der Waals surface area contributed by atoms with E-state index in [0.29, 0.717) is 17.4 Å². The summed E-state index contributed by atoms with van der Waals surface area (Å²) in [5, 5.41) is 12.7. The van der Waals surface area contributed by atoms with Crippen LogP contribution < -0.4 is 0 Å². The molecular formula is C18H17NO3S. The van der Waals surface area contributed by atoms with Crippen LogP contribution >= 0.6 is 11.8 Å². The molecule has 23 heavy (non-hydrogen) atoms. The SMILES string of the molecule is CCCOC(=O)C1=C(O)CSC1=Nc1ccc2ccccc2c1. The maximum Gasteiger partial charge on any atom is 0.344 e. The van der Waals surface area contributed by atoms with E-state index < -0.39 is 5.97 Å². The highest BCUT2D eigenvalue weighted by Crippen LogP contribution is 2.31. The molecule has 0 atom stereocenters. The predicted molar refractivity (Wildman–Crippen MR) is 94.4 cm³/mol. The van der Waals surface area contributed by atoms with Crippen molar-refractivity contribution in [2.75, 3.05) is 12.4 Å². The van der Waals surface area contributed by atoms with E-state index in [1.165, 1.54) is 11.8 Å². The smallest absolute Gasteiger partial charge is 0.344 e. The molecule has 1 N–H and O–H groups in total. The zero-order valence-electron chi connectivity index (χ0n) is 12.8. The lowest BCUT2D eigenvalue weighted by Crippen LogP contribution is -2.13. The van der Waals surface area contributed by atoms with E-state index in [0.717, 1.165) is 22.9 Å². The summed E-state index contributed by atoms with van der Waals surface area (Å²) in [4.78, 5) is 16.6. The fraction of sp³-hybridized carbons (Fsp3) is 0.222. The van der Waals surface area contributed by atoms with Crippen LogP contribution in [0.2, 0.25) is 0 Å². The molecule has 118 valence electrons. The van der Waals surface area contributed by atoms with Gasteiger partial charge in [0.1, 0.15) is 16.4 Å². The number of aliphatic hydroxyl groups is 1. The first-order valence-electron chi connectivity index (χ1n) is 7.49. The third-order valence-electron chi connectivity index (χ3n) is 3.45. The molecule has 0 aromatic heterocycles. The van der Waals surface area contributed by atoms with Crippen molar-refractivity contribution in [3.05, 3.63) is 53.8 Å². The van der Waals surface area contributed by atoms with Crippen LogP contribution in [0.1, 0.15) is 13.3 Å². The summed E-state index contributed by atoms with van der Waals surface area (Å²) in [5.74, 6) is -0.118. The summed E-state index contributed by atoms with van der Waals surface area (Å²) in [5.41, 5.74) is 0.943. The third kappa shape index (κ3) is 3.40. The van der Waals surface area contributed by atoms with Crippen molar-refractivity contribution in [1.29, 1.82) is 0 Å². The lowest BCUT2D eigenvalue weighted by Gasteiger charge is -2.06. The number of nitrogens with zero attached hydrogens (tertiary/aromatic N) is 1. The Morgan fingerprint density at radius 2 is 2.04 bits per heavy atom. The number of hydrogen-bond acceptors (Lipinski definition) is 5. The van der Waals surface area contributed by atoms with E-state index in [-0.39, 0.29) is 11.3 Å². The van der Waals surface area contributed by atoms with Crippen LogP contribution in [0.15, 0.2) is 58.8 Å². The molecule has 2 aromatic carbocycles. The van der Waals surface area contributed by atoms with Gasteiger partial charge in [0.25, 0.3) is 0 Å². The van der Waals surface area contributed by atoms with Gasteiger partial charge in [-0.05, 0) is 29.3 Å². The Morgan fingerprint density at radius 3 is 2.83 bits per heavy atom. The largest absolute Gasteiger partial charge is 0.510 e. The number of rotatable bonds is 4. The summed E-state index contributed by atoms with van der Waals surface area (Å²) in [6.45, 7) is 2.26. The minimum atomic E-state index is -0.506. The van der Waals surface area contributed by atoms with Crippen LogP contribution in [0.3, 0.4) is 0 Å². The predicted octanol–water partition coefficient (Wildman–Crippen LogP) is 4.38. The average Bonchev–Trinajstić information content (AvgIpc) is 2.93. The molecule has 1 aliphatic rings. The van der Waals surface area contributed by atoms with Gasteiger partial charge in [0.05, 0.1) is 18.0 Å². The number of benzene rings is 2. The normalized spacial score (nSPS) is 16.3. The van der Waals surface area contributed by atoms with Crippen LogP contribution in [0.5, 0.6) is 0 Å². The van der Waals surface area contributed by atoms with Gasteiger partial charge in [-0.1, -0.05) is 49.0 Å². The number of thioether (sulfide) groups is 1. The molecule has 0 saturated carbocycles. The molecule has 0 fully saturated rings. The molecule has 0 bridgehead atoms. The highest BCUT2D eigenvalue weighted by molar-refractivity contribution is 8.15. The Bertz CT molecular complexity index is 811. The van der Waals surface area contributed by atoms with Crippen molar-refractivity contribution >= 4 is 39.2 Å². The Kier molecular flexibility index (Phi) is 4.67. The molecule has 0 radical (unpaired) electrons. The van der Waals surface area contributed by atoms with Crippen LogP contribution in [0, 0.1) is 0 Å². The summed E-state index contributed by atoms with van der Waals surface area (Å²) in [6.07, 6.45) is 0.740. The minimum Gasteiger partial charge on any atom is -0.510 e. The fourth-order valence-corrected chi connectivity index (χ4v) is 3.26. The van der Waals surface area contributed by atoms with Crippen molar-refractivity contribution < 1.29 is 14.6 Å². The first-order valence-corrected chi connectivity index (χ1v) is 8.47. The van der Waals surface area contributed by atoms with Crippen molar-refractivity contribution in [1.82, 2.24) is 0 Å². The van der Waals surface area contributed by atoms with Crippen LogP contribution in [0.4, 0.5) is 5.69 Å². The van der Waals surface area contributed by atoms with Gasteiger partial charge < -0.3 is 9.84 Å². The number of hydrogen-bond donors (Lipinski definition) is 1. The zero-order chi connectivity index (χ0) is 16.2. The highest BCUT2D eigenvalue weighted by Gasteiger charge is 2.29. The second kappa shape index (κ2) is 6.87. The van der Waals surface area contributed by atoms with Gasteiger partial charge in [-0.3, -0.25) is 0 Å². The first kappa shape index (κ1) is 15.6. The molecule has 2 aromatic rings. The summed E-state index contributed by atoms with van der Waals surface area (Å²) >= 11 is 1.35. The molecule has 4 nitrogen and oxygen atoms in total. The van der Waals surface area contributed by atoms with E-state index in [2.05, 4.69) is 4.99 Å². The van der Waals surface area contributed by atoms with Gasteiger partial charge in [0.2, 0.25) is 0 Å². The number of aliphatic hydroxyl groups excluding tert-OH is 1. The van der Waals surface area contributed by atoms with E-state index >= 15 is 0 Å². The second-order valence-electron chi connectivity index (χ2n) is 5.19. The van der Waals surface area contributed by atoms with Crippen LogP contribution in [-0.2, 0) is 9.53 Å². The molecule has 0 saturated heterocycles. The molecule has 0 unspecified atom stereocenters. The highest BCUT2D eigenvalue weighted by atomic mass is 32.2. The number of ether oxygens (including phenoxy) is 1. The molecule has 0 amide bonds. The van der Waals surface area contributed by atoms with Crippen molar-refractivity contribution in [2.24, 2.45) is 4.99 Å². The fourth-order valence-electron chi connectivity index (χ4n) is 2.33. The maximum atomic E-state index is 12.1. The molecule has 3 rings (SSSR count). The van der Waals surface area contributed by atoms with Gasteiger partial charge in [0, 0.05) is 0 Å². The summed E-state index contributed by atoms with van der Waals surface area (Å²) in [6, 6.07) is 13.9. The molecule has 0 spiro atoms. The van der Waals surface area contributed by atoms with E-state index in [4.69, 9.17) is 4.74 Å². The standard InChI is InChI=1S/C18H17NO3S/c1-2-9-22-18(21)16-15(20)11-23-17(16)19-14-8-7-12-5-3-4-6-13(12)10-14/h3-8,10,20H,2,9,11H2,1H3. The second-order valence-corrected chi connectivity index (χ2v) is 6.16. The van der Waals surface area contributed by atoms with Gasteiger partial charge in [-0.2, -0.15) is 0 Å². The topological polar surface area (TPSA) is 58.9 Å². The summed E-state index contributed by atoms with van der Waals surface area (Å²) in [7, 11) is 0. The zero-order valence-corrected chi connectivity index (χ0v) is 13.6. The Morgan fingerprint density at radius 1 is 1.26 bits per heavy atom. The van der Waals surface area contributed by atoms with Gasteiger partial charge in [-0.25, -0.2) is 9.79 Å². The monoisotopic (exact) mass is 327 g/mol.